The van der Waals surface area contributed by atoms with Crippen molar-refractivity contribution in [3.05, 3.63) is 24.3 Å². The van der Waals surface area contributed by atoms with Crippen LogP contribution in [0.5, 0.6) is 0 Å². The molecule has 2 unspecified atom stereocenters. The summed E-state index contributed by atoms with van der Waals surface area (Å²) in [7, 11) is -3.21. The van der Waals surface area contributed by atoms with E-state index in [0.29, 0.717) is 23.6 Å². The third-order valence-corrected chi connectivity index (χ3v) is 4.67. The van der Waals surface area contributed by atoms with Gasteiger partial charge in [-0.25, -0.2) is 8.42 Å². The van der Waals surface area contributed by atoms with Crippen molar-refractivity contribution < 1.29 is 8.42 Å². The number of anilines is 2. The number of rotatable bonds is 4. The van der Waals surface area contributed by atoms with Crippen LogP contribution in [0.3, 0.4) is 0 Å². The Morgan fingerprint density at radius 2 is 1.50 bits per heavy atom. The summed E-state index contributed by atoms with van der Waals surface area (Å²) in [4.78, 5) is 0. The first kappa shape index (κ1) is 15.2. The molecule has 20 heavy (non-hydrogen) atoms. The molecule has 1 aliphatic carbocycles. The molecule has 1 saturated carbocycles. The molecule has 0 spiro atoms. The summed E-state index contributed by atoms with van der Waals surface area (Å²) < 4.78 is 24.8. The standard InChI is InChI=1S/C15H24N2O2S/c1-11-5-4-6-12(2)15(11)16-13-7-9-14(10-8-13)17-20(3,18)19/h7-12,15-17H,4-6H2,1-3H3. The Morgan fingerprint density at radius 1 is 1.00 bits per heavy atom. The molecule has 0 aliphatic heterocycles. The fraction of sp³-hybridized carbons (Fsp3) is 0.600. The zero-order valence-corrected chi connectivity index (χ0v) is 13.2. The van der Waals surface area contributed by atoms with Gasteiger partial charge in [0.25, 0.3) is 0 Å². The topological polar surface area (TPSA) is 58.2 Å². The Bertz CT molecular complexity index is 529. The second kappa shape index (κ2) is 6.04. The number of hydrogen-bond donors (Lipinski definition) is 2. The van der Waals surface area contributed by atoms with E-state index in [2.05, 4.69) is 23.9 Å². The summed E-state index contributed by atoms with van der Waals surface area (Å²) in [6.45, 7) is 4.60. The van der Waals surface area contributed by atoms with Crippen LogP contribution in [-0.4, -0.2) is 20.7 Å². The third kappa shape index (κ3) is 4.13. The quantitative estimate of drug-likeness (QED) is 0.896. The first-order chi connectivity index (χ1) is 9.35. The van der Waals surface area contributed by atoms with Gasteiger partial charge < -0.3 is 5.32 Å². The molecule has 0 bridgehead atoms. The molecule has 0 radical (unpaired) electrons. The highest BCUT2D eigenvalue weighted by Crippen LogP contribution is 2.31. The van der Waals surface area contributed by atoms with Crippen molar-refractivity contribution in [2.45, 2.75) is 39.2 Å². The molecule has 1 fully saturated rings. The summed E-state index contributed by atoms with van der Waals surface area (Å²) in [6.07, 6.45) is 5.02. The highest BCUT2D eigenvalue weighted by molar-refractivity contribution is 7.92. The zero-order chi connectivity index (χ0) is 14.8. The maximum atomic E-state index is 11.2. The maximum Gasteiger partial charge on any atom is 0.229 e. The normalized spacial score (nSPS) is 27.1. The van der Waals surface area contributed by atoms with Crippen LogP contribution in [0.15, 0.2) is 24.3 Å². The average Bonchev–Trinajstić information content (AvgIpc) is 2.34. The summed E-state index contributed by atoms with van der Waals surface area (Å²) in [5, 5.41) is 3.59. The lowest BCUT2D eigenvalue weighted by Crippen LogP contribution is -2.37. The molecule has 112 valence electrons. The van der Waals surface area contributed by atoms with Crippen LogP contribution < -0.4 is 10.0 Å². The van der Waals surface area contributed by atoms with Crippen molar-refractivity contribution in [3.8, 4) is 0 Å². The predicted octanol–water partition coefficient (Wildman–Crippen LogP) is 3.29. The highest BCUT2D eigenvalue weighted by atomic mass is 32.2. The molecule has 1 aromatic rings. The van der Waals surface area contributed by atoms with E-state index in [4.69, 9.17) is 0 Å². The van der Waals surface area contributed by atoms with Crippen LogP contribution in [0.4, 0.5) is 11.4 Å². The summed E-state index contributed by atoms with van der Waals surface area (Å²) >= 11 is 0. The lowest BCUT2D eigenvalue weighted by atomic mass is 9.78. The Morgan fingerprint density at radius 3 is 2.00 bits per heavy atom. The van der Waals surface area contributed by atoms with Gasteiger partial charge in [-0.15, -0.1) is 0 Å². The van der Waals surface area contributed by atoms with Gasteiger partial charge in [-0.3, -0.25) is 4.72 Å². The summed E-state index contributed by atoms with van der Waals surface area (Å²) in [6, 6.07) is 7.95. The van der Waals surface area contributed by atoms with E-state index in [9.17, 15) is 8.42 Å². The largest absolute Gasteiger partial charge is 0.382 e. The van der Waals surface area contributed by atoms with Crippen molar-refractivity contribution in [3.63, 3.8) is 0 Å². The second-order valence-electron chi connectivity index (χ2n) is 6.01. The number of nitrogens with one attached hydrogen (secondary N) is 2. The minimum absolute atomic E-state index is 0.498. The summed E-state index contributed by atoms with van der Waals surface area (Å²) in [5.74, 6) is 1.35. The molecule has 5 heteroatoms. The maximum absolute atomic E-state index is 11.2. The van der Waals surface area contributed by atoms with Gasteiger partial charge in [0, 0.05) is 17.4 Å². The van der Waals surface area contributed by atoms with Crippen LogP contribution in [0.25, 0.3) is 0 Å². The van der Waals surface area contributed by atoms with E-state index in [1.165, 1.54) is 19.3 Å². The molecule has 2 rings (SSSR count). The average molecular weight is 296 g/mol. The minimum atomic E-state index is -3.21. The predicted molar refractivity (Wildman–Crippen MR) is 84.5 cm³/mol. The summed E-state index contributed by atoms with van der Waals surface area (Å²) in [5.41, 5.74) is 1.65. The highest BCUT2D eigenvalue weighted by Gasteiger charge is 2.27. The molecule has 4 nitrogen and oxygen atoms in total. The van der Waals surface area contributed by atoms with E-state index >= 15 is 0 Å². The van der Waals surface area contributed by atoms with Crippen LogP contribution in [-0.2, 0) is 10.0 Å². The Labute approximate surface area is 122 Å². The molecular weight excluding hydrogens is 272 g/mol. The third-order valence-electron chi connectivity index (χ3n) is 4.07. The molecule has 1 aromatic carbocycles. The Hall–Kier alpha value is -1.23. The molecule has 0 heterocycles. The van der Waals surface area contributed by atoms with Crippen molar-refractivity contribution in [1.29, 1.82) is 0 Å². The van der Waals surface area contributed by atoms with E-state index in [1.807, 2.05) is 12.1 Å². The molecule has 1 aliphatic rings. The van der Waals surface area contributed by atoms with Crippen LogP contribution >= 0.6 is 0 Å². The van der Waals surface area contributed by atoms with Gasteiger partial charge in [0.15, 0.2) is 0 Å². The Balaban J connectivity index is 2.03. The second-order valence-corrected chi connectivity index (χ2v) is 7.76. The van der Waals surface area contributed by atoms with Crippen LogP contribution in [0.1, 0.15) is 33.1 Å². The zero-order valence-electron chi connectivity index (χ0n) is 12.4. The smallest absolute Gasteiger partial charge is 0.229 e. The van der Waals surface area contributed by atoms with Gasteiger partial charge in [-0.1, -0.05) is 20.3 Å². The fourth-order valence-electron chi connectivity index (χ4n) is 3.01. The van der Waals surface area contributed by atoms with Gasteiger partial charge in [0.2, 0.25) is 10.0 Å². The van der Waals surface area contributed by atoms with E-state index in [1.54, 1.807) is 12.1 Å². The van der Waals surface area contributed by atoms with Crippen molar-refractivity contribution in [1.82, 2.24) is 0 Å². The number of benzene rings is 1. The van der Waals surface area contributed by atoms with Crippen LogP contribution in [0, 0.1) is 11.8 Å². The molecule has 0 saturated heterocycles. The van der Waals surface area contributed by atoms with Gasteiger partial charge in [0.1, 0.15) is 0 Å². The fourth-order valence-corrected chi connectivity index (χ4v) is 3.57. The molecule has 0 aromatic heterocycles. The van der Waals surface area contributed by atoms with Gasteiger partial charge in [-0.2, -0.15) is 0 Å². The number of sulfonamides is 1. The van der Waals surface area contributed by atoms with Crippen LogP contribution in [0.2, 0.25) is 0 Å². The van der Waals surface area contributed by atoms with E-state index < -0.39 is 10.0 Å². The first-order valence-corrected chi connectivity index (χ1v) is 9.09. The minimum Gasteiger partial charge on any atom is -0.382 e. The van der Waals surface area contributed by atoms with Crippen molar-refractivity contribution >= 4 is 21.4 Å². The van der Waals surface area contributed by atoms with Gasteiger partial charge in [-0.05, 0) is 48.9 Å². The lowest BCUT2D eigenvalue weighted by molar-refractivity contribution is 0.268. The lowest BCUT2D eigenvalue weighted by Gasteiger charge is -2.36. The SMILES string of the molecule is CC1CCCC(C)C1Nc1ccc(NS(C)(=O)=O)cc1. The number of hydrogen-bond acceptors (Lipinski definition) is 3. The monoisotopic (exact) mass is 296 g/mol. The van der Waals surface area contributed by atoms with Gasteiger partial charge >= 0.3 is 0 Å². The molecule has 2 N–H and O–H groups in total. The first-order valence-electron chi connectivity index (χ1n) is 7.19. The molecule has 0 amide bonds. The van der Waals surface area contributed by atoms with E-state index in [0.717, 1.165) is 11.9 Å². The van der Waals surface area contributed by atoms with Gasteiger partial charge in [0.05, 0.1) is 6.26 Å². The molecule has 2 atom stereocenters. The molecular formula is C15H24N2O2S. The van der Waals surface area contributed by atoms with Crippen molar-refractivity contribution in [2.24, 2.45) is 11.8 Å². The van der Waals surface area contributed by atoms with Crippen molar-refractivity contribution in [2.75, 3.05) is 16.3 Å². The Kier molecular flexibility index (Phi) is 4.58. The van der Waals surface area contributed by atoms with E-state index in [-0.39, 0.29) is 0 Å².